The number of anilines is 1. The third kappa shape index (κ3) is 3.05. The molecule has 0 saturated heterocycles. The minimum absolute atomic E-state index is 0.0770. The maximum absolute atomic E-state index is 13.6. The molecule has 0 spiro atoms. The Morgan fingerprint density at radius 2 is 2.05 bits per heavy atom. The van der Waals surface area contributed by atoms with Crippen molar-refractivity contribution in [3.05, 3.63) is 57.6 Å². The van der Waals surface area contributed by atoms with Gasteiger partial charge in [0.1, 0.15) is 16.7 Å². The Labute approximate surface area is 123 Å². The first kappa shape index (κ1) is 14.3. The molecular weight excluding hydrogens is 304 g/mol. The first-order chi connectivity index (χ1) is 9.51. The number of pyridine rings is 1. The monoisotopic (exact) mass is 309 g/mol. The van der Waals surface area contributed by atoms with E-state index in [1.54, 1.807) is 6.07 Å². The van der Waals surface area contributed by atoms with Gasteiger partial charge in [0.15, 0.2) is 0 Å². The van der Waals surface area contributed by atoms with Gasteiger partial charge in [-0.15, -0.1) is 0 Å². The number of aromatic nitrogens is 1. The van der Waals surface area contributed by atoms with Crippen molar-refractivity contribution in [1.82, 2.24) is 4.98 Å². The van der Waals surface area contributed by atoms with Crippen LogP contribution in [0.15, 0.2) is 30.3 Å². The lowest BCUT2D eigenvalue weighted by Gasteiger charge is -2.07. The molecule has 1 aromatic heterocycles. The molecule has 1 aromatic carbocycles. The van der Waals surface area contributed by atoms with E-state index in [1.807, 2.05) is 0 Å². The molecule has 0 unspecified atom stereocenters. The van der Waals surface area contributed by atoms with Gasteiger partial charge in [0, 0.05) is 0 Å². The maximum atomic E-state index is 13.6. The van der Waals surface area contributed by atoms with E-state index in [0.29, 0.717) is 0 Å². The van der Waals surface area contributed by atoms with Gasteiger partial charge in [0.2, 0.25) is 0 Å². The molecule has 20 heavy (non-hydrogen) atoms. The summed E-state index contributed by atoms with van der Waals surface area (Å²) in [6.45, 7) is 0. The van der Waals surface area contributed by atoms with Gasteiger partial charge in [-0.2, -0.15) is 5.26 Å². The highest BCUT2D eigenvalue weighted by Gasteiger charge is 2.15. The lowest BCUT2D eigenvalue weighted by Crippen LogP contribution is -2.15. The molecule has 4 nitrogen and oxygen atoms in total. The van der Waals surface area contributed by atoms with Crippen LogP contribution in [0.5, 0.6) is 0 Å². The minimum Gasteiger partial charge on any atom is -0.318 e. The van der Waals surface area contributed by atoms with E-state index in [4.69, 9.17) is 28.5 Å². The smallest absolute Gasteiger partial charge is 0.275 e. The van der Waals surface area contributed by atoms with Crippen LogP contribution in [0, 0.1) is 17.1 Å². The van der Waals surface area contributed by atoms with Gasteiger partial charge >= 0.3 is 0 Å². The van der Waals surface area contributed by atoms with Gasteiger partial charge in [-0.05, 0) is 30.3 Å². The summed E-state index contributed by atoms with van der Waals surface area (Å²) in [7, 11) is 0. The fourth-order valence-corrected chi connectivity index (χ4v) is 1.78. The van der Waals surface area contributed by atoms with Crippen molar-refractivity contribution in [3.8, 4) is 6.07 Å². The highest BCUT2D eigenvalue weighted by atomic mass is 35.5. The van der Waals surface area contributed by atoms with Crippen LogP contribution in [0.25, 0.3) is 0 Å². The molecule has 0 aliphatic carbocycles. The van der Waals surface area contributed by atoms with Crippen molar-refractivity contribution >= 4 is 34.8 Å². The zero-order valence-corrected chi connectivity index (χ0v) is 11.3. The lowest BCUT2D eigenvalue weighted by molar-refractivity contribution is 0.102. The number of hydrogen-bond donors (Lipinski definition) is 1. The molecule has 2 aromatic rings. The maximum Gasteiger partial charge on any atom is 0.275 e. The van der Waals surface area contributed by atoms with Gasteiger partial charge in [-0.25, -0.2) is 9.37 Å². The molecule has 0 radical (unpaired) electrons. The first-order valence-electron chi connectivity index (χ1n) is 5.34. The van der Waals surface area contributed by atoms with Crippen LogP contribution < -0.4 is 5.32 Å². The third-order valence-electron chi connectivity index (χ3n) is 2.37. The van der Waals surface area contributed by atoms with Crippen LogP contribution >= 0.6 is 23.2 Å². The lowest BCUT2D eigenvalue weighted by atomic mass is 10.2. The molecular formula is C13H6Cl2FN3O. The van der Waals surface area contributed by atoms with Crippen molar-refractivity contribution in [3.63, 3.8) is 0 Å². The second-order valence-electron chi connectivity index (χ2n) is 3.72. The van der Waals surface area contributed by atoms with Gasteiger partial charge in [-0.3, -0.25) is 4.79 Å². The first-order valence-corrected chi connectivity index (χ1v) is 6.10. The van der Waals surface area contributed by atoms with E-state index >= 15 is 0 Å². The predicted molar refractivity (Wildman–Crippen MR) is 73.3 cm³/mol. The van der Waals surface area contributed by atoms with Crippen LogP contribution in [0.2, 0.25) is 10.2 Å². The molecule has 2 rings (SSSR count). The number of amides is 1. The van der Waals surface area contributed by atoms with E-state index in [9.17, 15) is 9.18 Å². The number of nitrogens with zero attached hydrogens (tertiary/aromatic N) is 2. The molecule has 0 saturated carbocycles. The van der Waals surface area contributed by atoms with Gasteiger partial charge in [-0.1, -0.05) is 23.2 Å². The summed E-state index contributed by atoms with van der Waals surface area (Å²) in [5.74, 6) is -1.42. The second kappa shape index (κ2) is 5.87. The quantitative estimate of drug-likeness (QED) is 0.861. The van der Waals surface area contributed by atoms with Crippen molar-refractivity contribution in [2.45, 2.75) is 0 Å². The standard InChI is InChI=1S/C13H6Cl2FN3O/c14-8-2-4-11(15)19-12(8)13(20)18-10-3-1-7(6-17)5-9(10)16/h1-5H,(H,18,20). The molecule has 1 amide bonds. The van der Waals surface area contributed by atoms with Crippen LogP contribution in [0.3, 0.4) is 0 Å². The molecule has 0 aliphatic rings. The zero-order valence-electron chi connectivity index (χ0n) is 9.82. The minimum atomic E-state index is -0.726. The van der Waals surface area contributed by atoms with Crippen LogP contribution in [-0.2, 0) is 0 Å². The van der Waals surface area contributed by atoms with Crippen LogP contribution in [0.1, 0.15) is 16.1 Å². The number of rotatable bonds is 2. The number of carbonyl (C=O) groups is 1. The van der Waals surface area contributed by atoms with Gasteiger partial charge < -0.3 is 5.32 Å². The van der Waals surface area contributed by atoms with Crippen molar-refractivity contribution in [2.24, 2.45) is 0 Å². The summed E-state index contributed by atoms with van der Waals surface area (Å²) in [4.78, 5) is 15.7. The highest BCUT2D eigenvalue weighted by Crippen LogP contribution is 2.20. The Morgan fingerprint density at radius 3 is 2.70 bits per heavy atom. The Hall–Kier alpha value is -2.16. The highest BCUT2D eigenvalue weighted by molar-refractivity contribution is 6.35. The van der Waals surface area contributed by atoms with E-state index in [-0.39, 0.29) is 27.1 Å². The number of halogens is 3. The Balaban J connectivity index is 2.28. The molecule has 1 N–H and O–H groups in total. The van der Waals surface area contributed by atoms with Crippen molar-refractivity contribution < 1.29 is 9.18 Å². The number of nitrogens with one attached hydrogen (secondary N) is 1. The molecule has 0 bridgehead atoms. The SMILES string of the molecule is N#Cc1ccc(NC(=O)c2nc(Cl)ccc2Cl)c(F)c1. The van der Waals surface area contributed by atoms with E-state index in [1.165, 1.54) is 24.3 Å². The van der Waals surface area contributed by atoms with Gasteiger partial charge in [0.25, 0.3) is 5.91 Å². The molecule has 1 heterocycles. The Bertz CT molecular complexity index is 728. The van der Waals surface area contributed by atoms with Crippen molar-refractivity contribution in [1.29, 1.82) is 5.26 Å². The molecule has 7 heteroatoms. The summed E-state index contributed by atoms with van der Waals surface area (Å²) >= 11 is 11.5. The largest absolute Gasteiger partial charge is 0.318 e. The third-order valence-corrected chi connectivity index (χ3v) is 2.89. The molecule has 100 valence electrons. The molecule has 0 fully saturated rings. The summed E-state index contributed by atoms with van der Waals surface area (Å²) < 4.78 is 13.6. The summed E-state index contributed by atoms with van der Waals surface area (Å²) in [6, 6.07) is 8.32. The second-order valence-corrected chi connectivity index (χ2v) is 4.52. The zero-order chi connectivity index (χ0) is 14.7. The average Bonchev–Trinajstić information content (AvgIpc) is 2.43. The summed E-state index contributed by atoms with van der Waals surface area (Å²) in [5.41, 5.74) is -0.0332. The van der Waals surface area contributed by atoms with E-state index in [0.717, 1.165) is 6.07 Å². The predicted octanol–water partition coefficient (Wildman–Crippen LogP) is 3.65. The normalized spacial score (nSPS) is 9.90. The fourth-order valence-electron chi connectivity index (χ4n) is 1.45. The average molecular weight is 310 g/mol. The van der Waals surface area contributed by atoms with Crippen LogP contribution in [0.4, 0.5) is 10.1 Å². The van der Waals surface area contributed by atoms with Crippen LogP contribution in [-0.4, -0.2) is 10.9 Å². The van der Waals surface area contributed by atoms with E-state index in [2.05, 4.69) is 10.3 Å². The fraction of sp³-hybridized carbons (Fsp3) is 0. The van der Waals surface area contributed by atoms with E-state index < -0.39 is 11.7 Å². The Kier molecular flexibility index (Phi) is 4.18. The Morgan fingerprint density at radius 1 is 1.30 bits per heavy atom. The summed E-state index contributed by atoms with van der Waals surface area (Å²) in [6.07, 6.45) is 0. The topological polar surface area (TPSA) is 65.8 Å². The van der Waals surface area contributed by atoms with Crippen molar-refractivity contribution in [2.75, 3.05) is 5.32 Å². The number of hydrogen-bond acceptors (Lipinski definition) is 3. The summed E-state index contributed by atoms with van der Waals surface area (Å²) in [5, 5.41) is 11.1. The van der Waals surface area contributed by atoms with Gasteiger partial charge in [0.05, 0.1) is 22.3 Å². The number of carbonyl (C=O) groups excluding carboxylic acids is 1. The molecule has 0 atom stereocenters. The molecule has 0 aliphatic heterocycles. The number of benzene rings is 1. The number of nitriles is 1.